The van der Waals surface area contributed by atoms with Crippen LogP contribution < -0.4 is 5.32 Å². The van der Waals surface area contributed by atoms with Crippen LogP contribution in [0, 0.1) is 34.5 Å². The van der Waals surface area contributed by atoms with Crippen LogP contribution in [0.4, 0.5) is 9.59 Å². The molecule has 3 fully saturated rings. The maximum absolute atomic E-state index is 12.5. The van der Waals surface area contributed by atoms with Gasteiger partial charge in [-0.25, -0.2) is 14.5 Å². The number of hydrogen-bond donors (Lipinski definition) is 1. The molecule has 0 spiro atoms. The van der Waals surface area contributed by atoms with Crippen molar-refractivity contribution in [3.63, 3.8) is 0 Å². The normalized spacial score (nSPS) is 42.4. The number of nitrogens with one attached hydrogen (secondary N) is 1. The average molecular weight is 417 g/mol. The Morgan fingerprint density at radius 1 is 1.17 bits per heavy atom. The van der Waals surface area contributed by atoms with Gasteiger partial charge < -0.3 is 10.1 Å². The third-order valence-electron chi connectivity index (χ3n) is 9.26. The first-order valence-electron chi connectivity index (χ1n) is 11.5. The van der Waals surface area contributed by atoms with Gasteiger partial charge >= 0.3 is 12.1 Å². The number of allylic oxidation sites excluding steroid dienone is 1. The Morgan fingerprint density at radius 3 is 2.60 bits per heavy atom. The largest absolute Gasteiger partial charge is 0.445 e. The Labute approximate surface area is 179 Å². The van der Waals surface area contributed by atoms with Gasteiger partial charge in [-0.3, -0.25) is 4.79 Å². The molecule has 166 valence electrons. The Hall–Kier alpha value is -1.85. The molecule has 0 saturated heterocycles. The SMILES string of the molecule is CNC(=O)N(C)C(=O)OC1CCC2C3C(C)CC4=CC(=O)CCC4(C)C3CCC12C. The highest BCUT2D eigenvalue weighted by Crippen LogP contribution is 2.66. The first-order valence-corrected chi connectivity index (χ1v) is 11.5. The molecule has 0 aromatic rings. The molecule has 1 N–H and O–H groups in total. The van der Waals surface area contributed by atoms with Gasteiger partial charge in [-0.15, -0.1) is 0 Å². The minimum Gasteiger partial charge on any atom is -0.445 e. The van der Waals surface area contributed by atoms with E-state index in [1.807, 2.05) is 6.08 Å². The van der Waals surface area contributed by atoms with Gasteiger partial charge in [0.25, 0.3) is 0 Å². The molecule has 6 nitrogen and oxygen atoms in total. The van der Waals surface area contributed by atoms with Crippen LogP contribution in [0.3, 0.4) is 0 Å². The molecule has 0 aliphatic heterocycles. The maximum Gasteiger partial charge on any atom is 0.417 e. The lowest BCUT2D eigenvalue weighted by molar-refractivity contribution is -0.119. The van der Waals surface area contributed by atoms with E-state index in [0.717, 1.165) is 43.4 Å². The van der Waals surface area contributed by atoms with E-state index in [0.29, 0.717) is 35.9 Å². The molecular formula is C24H36N2O4. The number of imide groups is 1. The van der Waals surface area contributed by atoms with Crippen molar-refractivity contribution in [3.05, 3.63) is 11.6 Å². The standard InChI is InChI=1S/C24H36N2O4/c1-14-12-15-13-16(27)8-10-23(15,2)18-9-11-24(3)17(20(14)18)6-7-19(24)30-22(29)26(5)21(28)25-4/h13-14,17-20H,6-12H2,1-5H3,(H,25,28). The van der Waals surface area contributed by atoms with Gasteiger partial charge in [-0.2, -0.15) is 0 Å². The van der Waals surface area contributed by atoms with E-state index in [4.69, 9.17) is 4.74 Å². The summed E-state index contributed by atoms with van der Waals surface area (Å²) in [4.78, 5) is 37.4. The Morgan fingerprint density at radius 2 is 1.90 bits per heavy atom. The van der Waals surface area contributed by atoms with Crippen molar-refractivity contribution in [2.75, 3.05) is 14.1 Å². The minimum absolute atomic E-state index is 0.0450. The van der Waals surface area contributed by atoms with Crippen molar-refractivity contribution in [2.45, 2.75) is 71.8 Å². The number of rotatable bonds is 1. The fourth-order valence-electron chi connectivity index (χ4n) is 7.50. The lowest BCUT2D eigenvalue weighted by Gasteiger charge is -2.59. The van der Waals surface area contributed by atoms with Crippen molar-refractivity contribution in [1.82, 2.24) is 10.2 Å². The molecule has 7 atom stereocenters. The van der Waals surface area contributed by atoms with Crippen LogP contribution >= 0.6 is 0 Å². The highest BCUT2D eigenvalue weighted by Gasteiger charge is 2.61. The highest BCUT2D eigenvalue weighted by molar-refractivity contribution is 5.91. The lowest BCUT2D eigenvalue weighted by atomic mass is 9.45. The van der Waals surface area contributed by atoms with Gasteiger partial charge in [0.15, 0.2) is 5.78 Å². The zero-order valence-corrected chi connectivity index (χ0v) is 19.0. The van der Waals surface area contributed by atoms with Crippen LogP contribution in [0.25, 0.3) is 0 Å². The monoisotopic (exact) mass is 416 g/mol. The summed E-state index contributed by atoms with van der Waals surface area (Å²) in [5, 5.41) is 2.47. The van der Waals surface area contributed by atoms with Crippen molar-refractivity contribution in [3.8, 4) is 0 Å². The number of amides is 3. The molecule has 4 rings (SSSR count). The maximum atomic E-state index is 12.5. The van der Waals surface area contributed by atoms with Crippen molar-refractivity contribution in [1.29, 1.82) is 0 Å². The summed E-state index contributed by atoms with van der Waals surface area (Å²) in [6, 6.07) is -0.455. The zero-order valence-electron chi connectivity index (χ0n) is 19.0. The smallest absolute Gasteiger partial charge is 0.417 e. The number of carbonyl (C=O) groups excluding carboxylic acids is 3. The second-order valence-electron chi connectivity index (χ2n) is 10.6. The Bertz CT molecular complexity index is 792. The summed E-state index contributed by atoms with van der Waals surface area (Å²) in [6.07, 6.45) is 7.98. The fourth-order valence-corrected chi connectivity index (χ4v) is 7.50. The molecule has 0 aromatic heterocycles. The van der Waals surface area contributed by atoms with Crippen LogP contribution in [0.5, 0.6) is 0 Å². The molecule has 0 aromatic carbocycles. The van der Waals surface area contributed by atoms with Crippen LogP contribution in [-0.4, -0.2) is 43.0 Å². The van der Waals surface area contributed by atoms with Crippen molar-refractivity contribution < 1.29 is 19.1 Å². The summed E-state index contributed by atoms with van der Waals surface area (Å²) in [5.41, 5.74) is 1.47. The predicted octanol–water partition coefficient (Wildman–Crippen LogP) is 4.54. The highest BCUT2D eigenvalue weighted by atomic mass is 16.6. The van der Waals surface area contributed by atoms with Crippen LogP contribution in [0.15, 0.2) is 11.6 Å². The van der Waals surface area contributed by atoms with E-state index in [-0.39, 0.29) is 16.9 Å². The number of ether oxygens (including phenoxy) is 1. The quantitative estimate of drug-likeness (QED) is 0.681. The lowest BCUT2D eigenvalue weighted by Crippen LogP contribution is -2.54. The van der Waals surface area contributed by atoms with Crippen molar-refractivity contribution in [2.24, 2.45) is 34.5 Å². The van der Waals surface area contributed by atoms with Crippen LogP contribution in [0.2, 0.25) is 0 Å². The average Bonchev–Trinajstić information content (AvgIpc) is 3.04. The van der Waals surface area contributed by atoms with Gasteiger partial charge in [0.05, 0.1) is 0 Å². The van der Waals surface area contributed by atoms with E-state index < -0.39 is 12.1 Å². The van der Waals surface area contributed by atoms with E-state index in [2.05, 4.69) is 26.1 Å². The Kier molecular flexibility index (Phi) is 5.26. The topological polar surface area (TPSA) is 75.7 Å². The number of hydrogen-bond acceptors (Lipinski definition) is 4. The molecule has 30 heavy (non-hydrogen) atoms. The summed E-state index contributed by atoms with van der Waals surface area (Å²) in [5.74, 6) is 2.54. The van der Waals surface area contributed by atoms with Gasteiger partial charge in [-0.05, 0) is 73.7 Å². The first kappa shape index (κ1) is 21.4. The van der Waals surface area contributed by atoms with Gasteiger partial charge in [0, 0.05) is 25.9 Å². The third-order valence-corrected chi connectivity index (χ3v) is 9.26. The molecule has 7 unspecified atom stereocenters. The van der Waals surface area contributed by atoms with E-state index in [1.54, 1.807) is 0 Å². The number of ketones is 1. The third kappa shape index (κ3) is 3.09. The number of nitrogens with zero attached hydrogens (tertiary/aromatic N) is 1. The van der Waals surface area contributed by atoms with Gasteiger partial charge in [0.2, 0.25) is 0 Å². The Balaban J connectivity index is 1.56. The second kappa shape index (κ2) is 7.38. The van der Waals surface area contributed by atoms with E-state index in [9.17, 15) is 14.4 Å². The van der Waals surface area contributed by atoms with Gasteiger partial charge in [0.1, 0.15) is 6.10 Å². The number of carbonyl (C=O) groups is 3. The molecule has 0 bridgehead atoms. The number of urea groups is 1. The molecule has 0 heterocycles. The molecule has 4 aliphatic rings. The van der Waals surface area contributed by atoms with E-state index in [1.165, 1.54) is 19.7 Å². The molecule has 4 aliphatic carbocycles. The van der Waals surface area contributed by atoms with Crippen molar-refractivity contribution >= 4 is 17.9 Å². The number of fused-ring (bicyclic) bond motifs is 5. The fraction of sp³-hybridized carbons (Fsp3) is 0.792. The summed E-state index contributed by atoms with van der Waals surface area (Å²) in [6.45, 7) is 7.04. The zero-order chi connectivity index (χ0) is 21.8. The molecule has 0 radical (unpaired) electrons. The van der Waals surface area contributed by atoms with E-state index >= 15 is 0 Å². The minimum atomic E-state index is -0.567. The first-order chi connectivity index (χ1) is 14.1. The van der Waals surface area contributed by atoms with Crippen LogP contribution in [0.1, 0.15) is 65.7 Å². The van der Waals surface area contributed by atoms with Gasteiger partial charge in [-0.1, -0.05) is 26.3 Å². The summed E-state index contributed by atoms with van der Waals surface area (Å²) in [7, 11) is 2.96. The molecule has 6 heteroatoms. The predicted molar refractivity (Wildman–Crippen MR) is 114 cm³/mol. The molecule has 3 amide bonds. The molecule has 3 saturated carbocycles. The summed E-state index contributed by atoms with van der Waals surface area (Å²) >= 11 is 0. The summed E-state index contributed by atoms with van der Waals surface area (Å²) < 4.78 is 5.90. The second-order valence-corrected chi connectivity index (χ2v) is 10.6. The van der Waals surface area contributed by atoms with Crippen LogP contribution in [-0.2, 0) is 9.53 Å². The molecular weight excluding hydrogens is 380 g/mol.